The molecule has 0 aliphatic heterocycles. The molecule has 4 nitrogen and oxygen atoms in total. The summed E-state index contributed by atoms with van der Waals surface area (Å²) in [5.41, 5.74) is 2.47. The second-order valence-corrected chi connectivity index (χ2v) is 8.10. The number of fused-ring (bicyclic) bond motifs is 1. The average Bonchev–Trinajstić information content (AvgIpc) is 3.09. The quantitative estimate of drug-likeness (QED) is 0.301. The molecule has 4 aromatic rings. The fraction of sp³-hybridized carbons (Fsp3) is 0.0833. The summed E-state index contributed by atoms with van der Waals surface area (Å²) in [6, 6.07) is 15.7. The third-order valence-electron chi connectivity index (χ3n) is 5.03. The van der Waals surface area contributed by atoms with Crippen LogP contribution in [0.2, 0.25) is 10.0 Å². The summed E-state index contributed by atoms with van der Waals surface area (Å²) >= 11 is 12.1. The van der Waals surface area contributed by atoms with Crippen molar-refractivity contribution in [3.8, 4) is 11.1 Å². The van der Waals surface area contributed by atoms with Gasteiger partial charge in [-0.1, -0.05) is 47.5 Å². The largest absolute Gasteiger partial charge is 0.471 e. The van der Waals surface area contributed by atoms with E-state index in [1.54, 1.807) is 37.3 Å². The molecule has 1 N–H and O–H groups in total. The van der Waals surface area contributed by atoms with E-state index in [-0.39, 0.29) is 22.0 Å². The minimum Gasteiger partial charge on any atom is -0.452 e. The van der Waals surface area contributed by atoms with Crippen LogP contribution in [-0.2, 0) is 4.79 Å². The molecule has 0 radical (unpaired) electrons. The van der Waals surface area contributed by atoms with Gasteiger partial charge in [0.1, 0.15) is 5.58 Å². The highest BCUT2D eigenvalue weighted by Crippen LogP contribution is 2.33. The molecule has 0 fully saturated rings. The zero-order valence-corrected chi connectivity index (χ0v) is 18.4. The highest BCUT2D eigenvalue weighted by molar-refractivity contribution is 6.37. The van der Waals surface area contributed by atoms with E-state index in [4.69, 9.17) is 27.6 Å². The van der Waals surface area contributed by atoms with E-state index in [1.807, 2.05) is 5.32 Å². The number of furan rings is 1. The number of halogens is 5. The number of rotatable bonds is 4. The van der Waals surface area contributed by atoms with E-state index >= 15 is 0 Å². The number of hydrogen-bond acceptors (Lipinski definition) is 3. The van der Waals surface area contributed by atoms with Crippen molar-refractivity contribution in [2.45, 2.75) is 13.1 Å². The van der Waals surface area contributed by atoms with Gasteiger partial charge < -0.3 is 9.73 Å². The van der Waals surface area contributed by atoms with Gasteiger partial charge in [0, 0.05) is 27.2 Å². The van der Waals surface area contributed by atoms with Crippen LogP contribution in [0.5, 0.6) is 0 Å². The summed E-state index contributed by atoms with van der Waals surface area (Å²) in [5, 5.41) is 3.13. The second-order valence-electron chi connectivity index (χ2n) is 7.25. The Morgan fingerprint density at radius 3 is 2.36 bits per heavy atom. The van der Waals surface area contributed by atoms with Crippen molar-refractivity contribution in [1.29, 1.82) is 0 Å². The third-order valence-corrected chi connectivity index (χ3v) is 5.58. The zero-order valence-electron chi connectivity index (χ0n) is 16.9. The number of amides is 1. The molecule has 0 unspecified atom stereocenters. The van der Waals surface area contributed by atoms with Crippen LogP contribution in [0.3, 0.4) is 0 Å². The number of benzene rings is 3. The lowest BCUT2D eigenvalue weighted by Gasteiger charge is -2.09. The molecule has 0 aliphatic carbocycles. The van der Waals surface area contributed by atoms with Crippen LogP contribution in [-0.4, -0.2) is 17.9 Å². The van der Waals surface area contributed by atoms with Gasteiger partial charge in [-0.2, -0.15) is 13.2 Å². The number of hydrogen-bond donors (Lipinski definition) is 1. The topological polar surface area (TPSA) is 59.3 Å². The van der Waals surface area contributed by atoms with Gasteiger partial charge in [0.2, 0.25) is 5.78 Å². The molecular formula is C24H14Cl2F3NO3. The summed E-state index contributed by atoms with van der Waals surface area (Å²) in [6.45, 7) is 1.75. The number of nitrogens with one attached hydrogen (secondary N) is 1. The van der Waals surface area contributed by atoms with Crippen molar-refractivity contribution in [2.24, 2.45) is 0 Å². The molecule has 1 amide bonds. The molecule has 33 heavy (non-hydrogen) atoms. The summed E-state index contributed by atoms with van der Waals surface area (Å²) in [4.78, 5) is 24.2. The summed E-state index contributed by atoms with van der Waals surface area (Å²) in [6.07, 6.45) is -4.99. The SMILES string of the molecule is Cc1c(C(=O)c2ccc(Cl)cc2Cl)oc2cc(-c3cccc(NC(=O)C(F)(F)F)c3)ccc12. The van der Waals surface area contributed by atoms with Crippen LogP contribution in [0.4, 0.5) is 18.9 Å². The number of carbonyl (C=O) groups excluding carboxylic acids is 2. The molecule has 9 heteroatoms. The van der Waals surface area contributed by atoms with Crippen LogP contribution >= 0.6 is 23.2 Å². The maximum atomic E-state index is 13.0. The Morgan fingerprint density at radius 2 is 1.67 bits per heavy atom. The van der Waals surface area contributed by atoms with Crippen molar-refractivity contribution < 1.29 is 27.2 Å². The Kier molecular flexibility index (Phi) is 5.95. The smallest absolute Gasteiger partial charge is 0.452 e. The Labute approximate surface area is 195 Å². The first kappa shape index (κ1) is 22.9. The zero-order chi connectivity index (χ0) is 23.9. The Hall–Kier alpha value is -3.29. The van der Waals surface area contributed by atoms with Gasteiger partial charge in [0.15, 0.2) is 5.76 Å². The first-order valence-electron chi connectivity index (χ1n) is 9.56. The van der Waals surface area contributed by atoms with Crippen molar-refractivity contribution in [3.63, 3.8) is 0 Å². The summed E-state index contributed by atoms with van der Waals surface area (Å²) in [7, 11) is 0. The number of anilines is 1. The second kappa shape index (κ2) is 8.57. The number of alkyl halides is 3. The Morgan fingerprint density at radius 1 is 0.939 bits per heavy atom. The van der Waals surface area contributed by atoms with E-state index in [0.717, 1.165) is 0 Å². The van der Waals surface area contributed by atoms with E-state index in [0.29, 0.717) is 32.7 Å². The molecule has 4 rings (SSSR count). The van der Waals surface area contributed by atoms with Crippen LogP contribution in [0.1, 0.15) is 21.7 Å². The highest BCUT2D eigenvalue weighted by Gasteiger charge is 2.38. The first-order valence-corrected chi connectivity index (χ1v) is 10.3. The van der Waals surface area contributed by atoms with Crippen molar-refractivity contribution in [2.75, 3.05) is 5.32 Å². The van der Waals surface area contributed by atoms with Gasteiger partial charge in [-0.05, 0) is 54.4 Å². The molecule has 0 atom stereocenters. The lowest BCUT2D eigenvalue weighted by molar-refractivity contribution is -0.167. The summed E-state index contributed by atoms with van der Waals surface area (Å²) in [5.74, 6) is -2.33. The van der Waals surface area contributed by atoms with Gasteiger partial charge in [0.05, 0.1) is 5.02 Å². The molecule has 0 spiro atoms. The maximum Gasteiger partial charge on any atom is 0.471 e. The van der Waals surface area contributed by atoms with Crippen LogP contribution in [0.25, 0.3) is 22.1 Å². The molecule has 1 aromatic heterocycles. The van der Waals surface area contributed by atoms with Crippen molar-refractivity contribution in [1.82, 2.24) is 0 Å². The third kappa shape index (κ3) is 4.60. The maximum absolute atomic E-state index is 13.0. The van der Waals surface area contributed by atoms with Gasteiger partial charge in [0.25, 0.3) is 0 Å². The highest BCUT2D eigenvalue weighted by atomic mass is 35.5. The molecule has 0 saturated carbocycles. The molecule has 0 bridgehead atoms. The molecule has 1 heterocycles. The minimum absolute atomic E-state index is 0.00112. The number of aryl methyl sites for hydroxylation is 1. The Bertz CT molecular complexity index is 1410. The minimum atomic E-state index is -4.99. The predicted molar refractivity (Wildman–Crippen MR) is 121 cm³/mol. The average molecular weight is 492 g/mol. The van der Waals surface area contributed by atoms with E-state index in [9.17, 15) is 22.8 Å². The van der Waals surface area contributed by atoms with E-state index in [2.05, 4.69) is 0 Å². The van der Waals surface area contributed by atoms with Crippen LogP contribution in [0.15, 0.2) is 65.1 Å². The fourth-order valence-corrected chi connectivity index (χ4v) is 3.89. The van der Waals surface area contributed by atoms with E-state index in [1.165, 1.54) is 30.3 Å². The summed E-state index contributed by atoms with van der Waals surface area (Å²) < 4.78 is 43.5. The molecular weight excluding hydrogens is 478 g/mol. The standard InChI is InChI=1S/C24H14Cl2F3NO3/c1-12-17-7-5-14(13-3-2-4-16(9-13)30-23(32)24(27,28)29)10-20(17)33-22(12)21(31)18-8-6-15(25)11-19(18)26/h2-11H,1H3,(H,30,32). The molecule has 168 valence electrons. The van der Waals surface area contributed by atoms with Gasteiger partial charge >= 0.3 is 12.1 Å². The van der Waals surface area contributed by atoms with Crippen LogP contribution in [0, 0.1) is 6.92 Å². The monoisotopic (exact) mass is 491 g/mol. The van der Waals surface area contributed by atoms with Crippen molar-refractivity contribution >= 4 is 51.5 Å². The van der Waals surface area contributed by atoms with Gasteiger partial charge in [-0.3, -0.25) is 9.59 Å². The number of ketones is 1. The van der Waals surface area contributed by atoms with Gasteiger partial charge in [-0.25, -0.2) is 0 Å². The van der Waals surface area contributed by atoms with Crippen molar-refractivity contribution in [3.05, 3.63) is 87.6 Å². The molecule has 0 saturated heterocycles. The van der Waals surface area contributed by atoms with E-state index < -0.39 is 17.9 Å². The first-order chi connectivity index (χ1) is 15.5. The van der Waals surface area contributed by atoms with Crippen LogP contribution < -0.4 is 5.32 Å². The number of carbonyl (C=O) groups is 2. The Balaban J connectivity index is 1.69. The lowest BCUT2D eigenvalue weighted by Crippen LogP contribution is -2.29. The molecule has 3 aromatic carbocycles. The fourth-order valence-electron chi connectivity index (χ4n) is 3.40. The molecule has 0 aliphatic rings. The lowest BCUT2D eigenvalue weighted by atomic mass is 10.0. The normalized spacial score (nSPS) is 11.6. The predicted octanol–water partition coefficient (Wildman–Crippen LogP) is 7.45. The van der Waals surface area contributed by atoms with Gasteiger partial charge in [-0.15, -0.1) is 0 Å².